The molecule has 1 fully saturated rings. The molecule has 1 N–H and O–H groups in total. The summed E-state index contributed by atoms with van der Waals surface area (Å²) in [6.45, 7) is 3.69. The molecule has 31 heavy (non-hydrogen) atoms. The summed E-state index contributed by atoms with van der Waals surface area (Å²) >= 11 is 0. The molecular weight excluding hydrogens is 415 g/mol. The number of nitrogens with zero attached hydrogens (tertiary/aromatic N) is 1. The highest BCUT2D eigenvalue weighted by molar-refractivity contribution is 5.99. The molecule has 3 rings (SSSR count). The highest BCUT2D eigenvalue weighted by Crippen LogP contribution is 2.35. The predicted octanol–water partition coefficient (Wildman–Crippen LogP) is 4.05. The average Bonchev–Trinajstić information content (AvgIpc) is 3.05. The van der Waals surface area contributed by atoms with Crippen LogP contribution in [-0.2, 0) is 11.0 Å². The molecule has 0 aromatic heterocycles. The van der Waals surface area contributed by atoms with Crippen molar-refractivity contribution in [2.75, 3.05) is 25.2 Å². The van der Waals surface area contributed by atoms with Gasteiger partial charge in [-0.3, -0.25) is 4.79 Å². The van der Waals surface area contributed by atoms with Crippen molar-refractivity contribution < 1.29 is 37.3 Å². The van der Waals surface area contributed by atoms with E-state index in [4.69, 9.17) is 14.2 Å². The molecule has 0 unspecified atom stereocenters. The number of benzene rings is 2. The van der Waals surface area contributed by atoms with Crippen molar-refractivity contribution >= 4 is 11.6 Å². The van der Waals surface area contributed by atoms with Crippen LogP contribution in [-0.4, -0.2) is 43.0 Å². The number of carbonyl (C=O) groups is 1. The van der Waals surface area contributed by atoms with E-state index in [-0.39, 0.29) is 18.3 Å². The van der Waals surface area contributed by atoms with Crippen LogP contribution in [0.5, 0.6) is 17.2 Å². The smallest absolute Gasteiger partial charge is 0.416 e. The molecule has 1 saturated heterocycles. The van der Waals surface area contributed by atoms with Crippen molar-refractivity contribution in [3.8, 4) is 17.2 Å². The van der Waals surface area contributed by atoms with E-state index in [1.165, 1.54) is 24.1 Å². The fourth-order valence-corrected chi connectivity index (χ4v) is 3.10. The van der Waals surface area contributed by atoms with Crippen LogP contribution in [0.1, 0.15) is 25.8 Å². The Morgan fingerprint density at radius 1 is 1.10 bits per heavy atom. The lowest BCUT2D eigenvalue weighted by Gasteiger charge is -2.21. The predicted molar refractivity (Wildman–Crippen MR) is 108 cm³/mol. The van der Waals surface area contributed by atoms with Gasteiger partial charge >= 0.3 is 6.18 Å². The molecule has 0 aliphatic carbocycles. The fourth-order valence-electron chi connectivity index (χ4n) is 3.10. The lowest BCUT2D eigenvalue weighted by atomic mass is 10.2. The first kappa shape index (κ1) is 22.7. The van der Waals surface area contributed by atoms with Crippen LogP contribution in [0.4, 0.5) is 18.9 Å². The molecule has 0 radical (unpaired) electrons. The summed E-state index contributed by atoms with van der Waals surface area (Å²) in [6.07, 6.45) is -4.84. The van der Waals surface area contributed by atoms with E-state index in [9.17, 15) is 23.1 Å². The summed E-state index contributed by atoms with van der Waals surface area (Å²) in [5.74, 6) is 0.729. The lowest BCUT2D eigenvalue weighted by molar-refractivity contribution is -0.137. The van der Waals surface area contributed by atoms with Gasteiger partial charge in [0.05, 0.1) is 18.3 Å². The molecule has 168 valence electrons. The third kappa shape index (κ3) is 5.61. The van der Waals surface area contributed by atoms with Crippen molar-refractivity contribution in [2.45, 2.75) is 38.1 Å². The Bertz CT molecular complexity index is 922. The number of amides is 1. The molecule has 1 heterocycles. The van der Waals surface area contributed by atoms with E-state index in [2.05, 4.69) is 0 Å². The van der Waals surface area contributed by atoms with Gasteiger partial charge in [-0.25, -0.2) is 0 Å². The van der Waals surface area contributed by atoms with Crippen LogP contribution >= 0.6 is 0 Å². The molecule has 2 aromatic rings. The normalized spacial score (nSPS) is 17.1. The number of anilines is 1. The Labute approximate surface area is 178 Å². The Morgan fingerprint density at radius 3 is 2.35 bits per heavy atom. The monoisotopic (exact) mass is 439 g/mol. The number of methoxy groups -OCH3 is 1. The SMILES string of the molecule is COc1cc(N2CC[C@H](Oc3ccc(C(F)(F)F)cc3)C2=O)ccc1OCC(C)(C)O. The summed E-state index contributed by atoms with van der Waals surface area (Å²) in [5.41, 5.74) is -1.22. The molecule has 1 aliphatic heterocycles. The van der Waals surface area contributed by atoms with E-state index in [0.29, 0.717) is 30.2 Å². The lowest BCUT2D eigenvalue weighted by Crippen LogP contribution is -2.32. The first-order valence-electron chi connectivity index (χ1n) is 9.66. The maximum atomic E-state index is 12.8. The second-order valence-electron chi connectivity index (χ2n) is 7.84. The quantitative estimate of drug-likeness (QED) is 0.705. The van der Waals surface area contributed by atoms with E-state index in [0.717, 1.165) is 12.1 Å². The second kappa shape index (κ2) is 8.66. The van der Waals surface area contributed by atoms with Crippen molar-refractivity contribution in [2.24, 2.45) is 0 Å². The number of halogens is 3. The zero-order chi connectivity index (χ0) is 22.8. The number of rotatable bonds is 7. The van der Waals surface area contributed by atoms with E-state index >= 15 is 0 Å². The number of ether oxygens (including phenoxy) is 3. The van der Waals surface area contributed by atoms with Crippen LogP contribution in [0, 0.1) is 0 Å². The maximum Gasteiger partial charge on any atom is 0.416 e. The number of hydrogen-bond donors (Lipinski definition) is 1. The van der Waals surface area contributed by atoms with Gasteiger partial charge in [0.2, 0.25) is 0 Å². The van der Waals surface area contributed by atoms with Gasteiger partial charge in [-0.15, -0.1) is 0 Å². The molecule has 1 aliphatic rings. The minimum absolute atomic E-state index is 0.0639. The van der Waals surface area contributed by atoms with Gasteiger partial charge in [0.25, 0.3) is 5.91 Å². The van der Waals surface area contributed by atoms with Gasteiger partial charge in [0, 0.05) is 24.7 Å². The fraction of sp³-hybridized carbons (Fsp3) is 0.409. The van der Waals surface area contributed by atoms with E-state index < -0.39 is 23.4 Å². The van der Waals surface area contributed by atoms with Crippen molar-refractivity contribution in [1.29, 1.82) is 0 Å². The molecule has 6 nitrogen and oxygen atoms in total. The number of carbonyl (C=O) groups excluding carboxylic acids is 1. The maximum absolute atomic E-state index is 12.8. The van der Waals surface area contributed by atoms with Gasteiger partial charge in [-0.2, -0.15) is 13.2 Å². The number of alkyl halides is 3. The summed E-state index contributed by atoms with van der Waals surface area (Å²) in [5, 5.41) is 9.82. The highest BCUT2D eigenvalue weighted by Gasteiger charge is 2.35. The molecule has 2 aromatic carbocycles. The Kier molecular flexibility index (Phi) is 6.35. The summed E-state index contributed by atoms with van der Waals surface area (Å²) < 4.78 is 54.6. The molecule has 0 bridgehead atoms. The Hall–Kier alpha value is -2.94. The zero-order valence-electron chi connectivity index (χ0n) is 17.4. The first-order valence-corrected chi connectivity index (χ1v) is 9.66. The van der Waals surface area contributed by atoms with Gasteiger partial charge in [-0.1, -0.05) is 0 Å². The largest absolute Gasteiger partial charge is 0.493 e. The van der Waals surface area contributed by atoms with Crippen LogP contribution in [0.25, 0.3) is 0 Å². The van der Waals surface area contributed by atoms with Gasteiger partial charge in [0.1, 0.15) is 12.4 Å². The second-order valence-corrected chi connectivity index (χ2v) is 7.84. The molecule has 1 amide bonds. The summed E-state index contributed by atoms with van der Waals surface area (Å²) in [4.78, 5) is 14.3. The topological polar surface area (TPSA) is 68.2 Å². The van der Waals surface area contributed by atoms with Gasteiger partial charge < -0.3 is 24.2 Å². The molecule has 0 saturated carbocycles. The van der Waals surface area contributed by atoms with Crippen LogP contribution in [0.15, 0.2) is 42.5 Å². The number of aliphatic hydroxyl groups is 1. The average molecular weight is 439 g/mol. The van der Waals surface area contributed by atoms with E-state index in [1.807, 2.05) is 0 Å². The first-order chi connectivity index (χ1) is 14.5. The molecule has 0 spiro atoms. The molecular formula is C22H24F3NO5. The Balaban J connectivity index is 1.69. The third-order valence-electron chi connectivity index (χ3n) is 4.66. The van der Waals surface area contributed by atoms with Crippen molar-refractivity contribution in [3.05, 3.63) is 48.0 Å². The molecule has 9 heteroatoms. The zero-order valence-corrected chi connectivity index (χ0v) is 17.4. The van der Waals surface area contributed by atoms with Gasteiger partial charge in [0.15, 0.2) is 17.6 Å². The van der Waals surface area contributed by atoms with Crippen molar-refractivity contribution in [3.63, 3.8) is 0 Å². The highest BCUT2D eigenvalue weighted by atomic mass is 19.4. The van der Waals surface area contributed by atoms with Crippen LogP contribution in [0.2, 0.25) is 0 Å². The number of hydrogen-bond acceptors (Lipinski definition) is 5. The van der Waals surface area contributed by atoms with Crippen LogP contribution in [0.3, 0.4) is 0 Å². The third-order valence-corrected chi connectivity index (χ3v) is 4.66. The summed E-state index contributed by atoms with van der Waals surface area (Å²) in [6, 6.07) is 9.25. The summed E-state index contributed by atoms with van der Waals surface area (Å²) in [7, 11) is 1.47. The molecule has 1 atom stereocenters. The standard InChI is InChI=1S/C22H24F3NO5/c1-21(2,28)13-30-17-9-6-15(12-19(17)29-3)26-11-10-18(20(26)27)31-16-7-4-14(5-8-16)22(23,24)25/h4-9,12,18,28H,10-11,13H2,1-3H3/t18-/m0/s1. The minimum atomic E-state index is -4.43. The minimum Gasteiger partial charge on any atom is -0.493 e. The van der Waals surface area contributed by atoms with Crippen molar-refractivity contribution in [1.82, 2.24) is 0 Å². The van der Waals surface area contributed by atoms with E-state index in [1.54, 1.807) is 32.0 Å². The Morgan fingerprint density at radius 2 is 1.77 bits per heavy atom. The van der Waals surface area contributed by atoms with Crippen LogP contribution < -0.4 is 19.1 Å². The van der Waals surface area contributed by atoms with Gasteiger partial charge in [-0.05, 0) is 50.2 Å².